The summed E-state index contributed by atoms with van der Waals surface area (Å²) in [5, 5.41) is 6.39. The van der Waals surface area contributed by atoms with Crippen molar-refractivity contribution >= 4 is 17.6 Å². The van der Waals surface area contributed by atoms with Gasteiger partial charge in [0.25, 0.3) is 0 Å². The topological polar surface area (TPSA) is 69.2 Å². The molecule has 1 fully saturated rings. The van der Waals surface area contributed by atoms with Gasteiger partial charge in [-0.2, -0.15) is 0 Å². The molecule has 0 saturated carbocycles. The Morgan fingerprint density at radius 3 is 2.46 bits per heavy atom. The van der Waals surface area contributed by atoms with Crippen LogP contribution < -0.4 is 15.5 Å². The summed E-state index contributed by atoms with van der Waals surface area (Å²) in [7, 11) is 1.72. The molecule has 28 heavy (non-hydrogen) atoms. The Morgan fingerprint density at radius 1 is 1.14 bits per heavy atom. The predicted molar refractivity (Wildman–Crippen MR) is 110 cm³/mol. The number of guanidine groups is 1. The lowest BCUT2D eigenvalue weighted by atomic mass is 10.2. The molecule has 1 aromatic carbocycles. The van der Waals surface area contributed by atoms with Gasteiger partial charge < -0.3 is 25.2 Å². The maximum Gasteiger partial charge on any atom is 0.224 e. The van der Waals surface area contributed by atoms with Gasteiger partial charge in [-0.15, -0.1) is 0 Å². The summed E-state index contributed by atoms with van der Waals surface area (Å²) in [5.41, 5.74) is 0.995. The van der Waals surface area contributed by atoms with Gasteiger partial charge in [0.1, 0.15) is 5.82 Å². The fourth-order valence-electron chi connectivity index (χ4n) is 3.06. The van der Waals surface area contributed by atoms with Gasteiger partial charge in [-0.1, -0.05) is 0 Å². The first-order chi connectivity index (χ1) is 13.6. The molecule has 0 bridgehead atoms. The zero-order valence-corrected chi connectivity index (χ0v) is 16.9. The van der Waals surface area contributed by atoms with Crippen molar-refractivity contribution < 1.29 is 13.9 Å². The number of piperazine rings is 1. The van der Waals surface area contributed by atoms with E-state index in [1.54, 1.807) is 19.2 Å². The van der Waals surface area contributed by atoms with E-state index in [-0.39, 0.29) is 11.7 Å². The Morgan fingerprint density at radius 2 is 1.82 bits per heavy atom. The normalized spacial score (nSPS) is 14.9. The lowest BCUT2D eigenvalue weighted by molar-refractivity contribution is -0.131. The van der Waals surface area contributed by atoms with E-state index < -0.39 is 0 Å². The van der Waals surface area contributed by atoms with E-state index in [2.05, 4.69) is 20.5 Å². The number of rotatable bonds is 9. The molecule has 1 amide bonds. The van der Waals surface area contributed by atoms with Crippen LogP contribution in [0.1, 0.15) is 19.8 Å². The van der Waals surface area contributed by atoms with Crippen LogP contribution in [0.5, 0.6) is 0 Å². The highest BCUT2D eigenvalue weighted by molar-refractivity contribution is 5.81. The number of nitrogens with zero attached hydrogens (tertiary/aromatic N) is 3. The number of anilines is 1. The lowest BCUT2D eigenvalue weighted by Gasteiger charge is -2.36. The van der Waals surface area contributed by atoms with Crippen molar-refractivity contribution in [2.45, 2.75) is 19.8 Å². The Balaban J connectivity index is 1.63. The van der Waals surface area contributed by atoms with Gasteiger partial charge in [-0.25, -0.2) is 4.39 Å². The molecule has 1 aliphatic heterocycles. The van der Waals surface area contributed by atoms with E-state index in [0.29, 0.717) is 32.0 Å². The zero-order valence-electron chi connectivity index (χ0n) is 16.9. The van der Waals surface area contributed by atoms with Gasteiger partial charge in [0.05, 0.1) is 0 Å². The first kappa shape index (κ1) is 21.9. The minimum Gasteiger partial charge on any atom is -0.382 e. The van der Waals surface area contributed by atoms with Crippen molar-refractivity contribution in [3.05, 3.63) is 30.1 Å². The zero-order chi connectivity index (χ0) is 20.2. The highest BCUT2D eigenvalue weighted by Gasteiger charge is 2.21. The van der Waals surface area contributed by atoms with Crippen LogP contribution in [0.25, 0.3) is 0 Å². The SMILES string of the molecule is CCOCCCNC(=NC)NCCC(=O)N1CCN(c2ccc(F)cc2)CC1. The van der Waals surface area contributed by atoms with Gasteiger partial charge in [-0.05, 0) is 37.6 Å². The summed E-state index contributed by atoms with van der Waals surface area (Å²) in [5.74, 6) is 0.604. The molecule has 0 aromatic heterocycles. The van der Waals surface area contributed by atoms with E-state index in [1.807, 2.05) is 11.8 Å². The van der Waals surface area contributed by atoms with Crippen molar-refractivity contribution in [3.63, 3.8) is 0 Å². The predicted octanol–water partition coefficient (Wildman–Crippen LogP) is 1.46. The lowest BCUT2D eigenvalue weighted by Crippen LogP contribution is -2.49. The quantitative estimate of drug-likeness (QED) is 0.378. The molecule has 0 radical (unpaired) electrons. The number of amides is 1. The molecule has 2 N–H and O–H groups in total. The average molecular weight is 394 g/mol. The summed E-state index contributed by atoms with van der Waals surface area (Å²) in [6.45, 7) is 7.63. The third kappa shape index (κ3) is 7.34. The first-order valence-corrected chi connectivity index (χ1v) is 9.94. The summed E-state index contributed by atoms with van der Waals surface area (Å²) in [4.78, 5) is 20.7. The van der Waals surface area contributed by atoms with Crippen LogP contribution in [0, 0.1) is 5.82 Å². The highest BCUT2D eigenvalue weighted by Crippen LogP contribution is 2.17. The molecular formula is C20H32FN5O2. The van der Waals surface area contributed by atoms with Crippen molar-refractivity contribution in [3.8, 4) is 0 Å². The minimum atomic E-state index is -0.233. The van der Waals surface area contributed by atoms with Gasteiger partial charge in [0.2, 0.25) is 5.91 Å². The van der Waals surface area contributed by atoms with Crippen LogP contribution in [0.3, 0.4) is 0 Å². The van der Waals surface area contributed by atoms with Crippen molar-refractivity contribution in [1.29, 1.82) is 0 Å². The second kappa shape index (κ2) is 12.2. The number of hydrogen-bond acceptors (Lipinski definition) is 4. The highest BCUT2D eigenvalue weighted by atomic mass is 19.1. The van der Waals surface area contributed by atoms with E-state index >= 15 is 0 Å². The molecule has 7 nitrogen and oxygen atoms in total. The summed E-state index contributed by atoms with van der Waals surface area (Å²) >= 11 is 0. The fourth-order valence-corrected chi connectivity index (χ4v) is 3.06. The molecule has 0 atom stereocenters. The van der Waals surface area contributed by atoms with Gasteiger partial charge >= 0.3 is 0 Å². The molecule has 1 aromatic rings. The second-order valence-corrected chi connectivity index (χ2v) is 6.57. The molecule has 8 heteroatoms. The van der Waals surface area contributed by atoms with Crippen LogP contribution in [0.15, 0.2) is 29.3 Å². The summed E-state index contributed by atoms with van der Waals surface area (Å²) in [6, 6.07) is 6.50. The molecule has 1 aliphatic rings. The maximum absolute atomic E-state index is 13.0. The van der Waals surface area contributed by atoms with E-state index in [4.69, 9.17) is 4.74 Å². The molecule has 2 rings (SSSR count). The number of aliphatic imine (C=N–C) groups is 1. The molecule has 1 saturated heterocycles. The van der Waals surface area contributed by atoms with Crippen molar-refractivity contribution in [2.24, 2.45) is 4.99 Å². The summed E-state index contributed by atoms with van der Waals surface area (Å²) in [6.07, 6.45) is 1.34. The number of benzene rings is 1. The van der Waals surface area contributed by atoms with Crippen molar-refractivity contribution in [2.75, 3.05) is 64.4 Å². The average Bonchev–Trinajstić information content (AvgIpc) is 2.73. The molecular weight excluding hydrogens is 361 g/mol. The summed E-state index contributed by atoms with van der Waals surface area (Å²) < 4.78 is 18.3. The number of nitrogens with one attached hydrogen (secondary N) is 2. The van der Waals surface area contributed by atoms with Crippen LogP contribution in [0.2, 0.25) is 0 Å². The first-order valence-electron chi connectivity index (χ1n) is 9.94. The Hall–Kier alpha value is -2.35. The molecule has 0 unspecified atom stereocenters. The third-order valence-electron chi connectivity index (χ3n) is 4.64. The number of carbonyl (C=O) groups is 1. The molecule has 0 spiro atoms. The second-order valence-electron chi connectivity index (χ2n) is 6.57. The largest absolute Gasteiger partial charge is 0.382 e. The smallest absolute Gasteiger partial charge is 0.224 e. The maximum atomic E-state index is 13.0. The Kier molecular flexibility index (Phi) is 9.54. The standard InChI is InChI=1S/C20H32FN5O2/c1-3-28-16-4-10-23-20(22-2)24-11-9-19(27)26-14-12-25(13-15-26)18-7-5-17(21)6-8-18/h5-8H,3-4,9-16H2,1-2H3,(H2,22,23,24). The monoisotopic (exact) mass is 393 g/mol. The van der Waals surface area contributed by atoms with Crippen molar-refractivity contribution in [1.82, 2.24) is 15.5 Å². The number of hydrogen-bond donors (Lipinski definition) is 2. The van der Waals surface area contributed by atoms with Crippen LogP contribution in [-0.2, 0) is 9.53 Å². The third-order valence-corrected chi connectivity index (χ3v) is 4.64. The minimum absolute atomic E-state index is 0.137. The molecule has 1 heterocycles. The van der Waals surface area contributed by atoms with Crippen LogP contribution in [0.4, 0.5) is 10.1 Å². The van der Waals surface area contributed by atoms with E-state index in [9.17, 15) is 9.18 Å². The molecule has 156 valence electrons. The Bertz CT molecular complexity index is 616. The van der Waals surface area contributed by atoms with Crippen LogP contribution >= 0.6 is 0 Å². The molecule has 0 aliphatic carbocycles. The van der Waals surface area contributed by atoms with Crippen LogP contribution in [-0.4, -0.2) is 76.3 Å². The van der Waals surface area contributed by atoms with Gasteiger partial charge in [0.15, 0.2) is 5.96 Å². The van der Waals surface area contributed by atoms with Gasteiger partial charge in [0, 0.05) is 71.6 Å². The number of carbonyl (C=O) groups excluding carboxylic acids is 1. The fraction of sp³-hybridized carbons (Fsp3) is 0.600. The van der Waals surface area contributed by atoms with E-state index in [1.165, 1.54) is 12.1 Å². The van der Waals surface area contributed by atoms with E-state index in [0.717, 1.165) is 45.0 Å². The number of ether oxygens (including phenoxy) is 1. The van der Waals surface area contributed by atoms with Gasteiger partial charge in [-0.3, -0.25) is 9.79 Å². The Labute approximate surface area is 166 Å². The number of halogens is 1.